The van der Waals surface area contributed by atoms with Crippen LogP contribution in [0.3, 0.4) is 0 Å². The third-order valence-electron chi connectivity index (χ3n) is 3.90. The van der Waals surface area contributed by atoms with Crippen LogP contribution in [0.1, 0.15) is 21.7 Å². The number of nitrogens with one attached hydrogen (secondary N) is 2. The Morgan fingerprint density at radius 1 is 0.966 bits per heavy atom. The molecule has 2 aromatic carbocycles. The number of nitrogens with zero attached hydrogens (tertiary/aromatic N) is 1. The van der Waals surface area contributed by atoms with E-state index in [0.717, 1.165) is 5.56 Å². The number of hydrogen-bond acceptors (Lipinski definition) is 5. The third-order valence-corrected chi connectivity index (χ3v) is 3.90. The average molecular weight is 391 g/mol. The molecule has 29 heavy (non-hydrogen) atoms. The van der Waals surface area contributed by atoms with Gasteiger partial charge in [0.15, 0.2) is 0 Å². The van der Waals surface area contributed by atoms with Crippen molar-refractivity contribution in [3.05, 3.63) is 105 Å². The smallest absolute Gasteiger partial charge is 0.401 e. The van der Waals surface area contributed by atoms with Gasteiger partial charge in [0.05, 0.1) is 6.07 Å². The molecule has 0 unspecified atom stereocenters. The van der Waals surface area contributed by atoms with E-state index in [1.165, 1.54) is 18.2 Å². The molecule has 8 heteroatoms. The monoisotopic (exact) mass is 391 g/mol. The maximum Gasteiger partial charge on any atom is 0.433 e. The second-order valence-electron chi connectivity index (χ2n) is 5.98. The van der Waals surface area contributed by atoms with Gasteiger partial charge in [-0.15, -0.1) is 0 Å². The molecule has 1 aromatic heterocycles. The highest BCUT2D eigenvalue weighted by Crippen LogP contribution is 2.18. The lowest BCUT2D eigenvalue weighted by Crippen LogP contribution is -2.34. The Kier molecular flexibility index (Phi) is 6.16. The molecule has 0 aliphatic rings. The molecule has 0 atom stereocenters. The summed E-state index contributed by atoms with van der Waals surface area (Å²) in [5, 5.41) is 16.0. The van der Waals surface area contributed by atoms with Crippen LogP contribution >= 0.6 is 0 Å². The molecule has 8 nitrogen and oxygen atoms in total. The van der Waals surface area contributed by atoms with Crippen LogP contribution in [0.5, 0.6) is 0 Å². The molecule has 2 amide bonds. The van der Waals surface area contributed by atoms with Gasteiger partial charge in [-0.25, -0.2) is 0 Å². The molecule has 2 N–H and O–H groups in total. The highest BCUT2D eigenvalue weighted by Gasteiger charge is 2.17. The van der Waals surface area contributed by atoms with E-state index in [9.17, 15) is 19.7 Å². The Hall–Kier alpha value is -4.20. The maximum absolute atomic E-state index is 12.7. The summed E-state index contributed by atoms with van der Waals surface area (Å²) in [7, 11) is 0. The second-order valence-corrected chi connectivity index (χ2v) is 5.98. The fourth-order valence-electron chi connectivity index (χ4n) is 2.48. The van der Waals surface area contributed by atoms with Crippen LogP contribution in [0, 0.1) is 10.1 Å². The normalized spacial score (nSPS) is 11.0. The Morgan fingerprint density at radius 3 is 2.24 bits per heavy atom. The lowest BCUT2D eigenvalue weighted by Gasteiger charge is -2.11. The fraction of sp³-hybridized carbons (Fsp3) is 0.0476. The predicted molar refractivity (Wildman–Crippen MR) is 106 cm³/mol. The Bertz CT molecular complexity index is 1040. The summed E-state index contributed by atoms with van der Waals surface area (Å²) in [5.74, 6) is -1.45. The first-order chi connectivity index (χ1) is 14.0. The zero-order chi connectivity index (χ0) is 20.6. The van der Waals surface area contributed by atoms with Crippen molar-refractivity contribution in [1.29, 1.82) is 0 Å². The quantitative estimate of drug-likeness (QED) is 0.364. The van der Waals surface area contributed by atoms with E-state index >= 15 is 0 Å². The van der Waals surface area contributed by atoms with Crippen LogP contribution < -0.4 is 10.6 Å². The van der Waals surface area contributed by atoms with Gasteiger partial charge in [-0.05, 0) is 23.8 Å². The van der Waals surface area contributed by atoms with Gasteiger partial charge in [0.25, 0.3) is 11.8 Å². The molecular formula is C21H17N3O5. The number of amides is 2. The van der Waals surface area contributed by atoms with Crippen LogP contribution in [0.4, 0.5) is 5.88 Å². The van der Waals surface area contributed by atoms with Gasteiger partial charge in [0.1, 0.15) is 16.4 Å². The van der Waals surface area contributed by atoms with Crippen molar-refractivity contribution in [1.82, 2.24) is 10.6 Å². The summed E-state index contributed by atoms with van der Waals surface area (Å²) in [6.07, 6.45) is 1.24. The molecule has 146 valence electrons. The Balaban J connectivity index is 1.81. The first-order valence-electron chi connectivity index (χ1n) is 8.67. The van der Waals surface area contributed by atoms with E-state index < -0.39 is 22.6 Å². The average Bonchev–Trinajstić information content (AvgIpc) is 3.22. The van der Waals surface area contributed by atoms with Crippen LogP contribution in [0.25, 0.3) is 6.08 Å². The predicted octanol–water partition coefficient (Wildman–Crippen LogP) is 3.28. The van der Waals surface area contributed by atoms with E-state index in [1.54, 1.807) is 30.3 Å². The number of furan rings is 1. The van der Waals surface area contributed by atoms with Gasteiger partial charge in [-0.1, -0.05) is 48.5 Å². The minimum absolute atomic E-state index is 0.0647. The lowest BCUT2D eigenvalue weighted by atomic mass is 10.2. The van der Waals surface area contributed by atoms with Crippen molar-refractivity contribution in [2.24, 2.45) is 0 Å². The van der Waals surface area contributed by atoms with Crippen molar-refractivity contribution >= 4 is 23.8 Å². The van der Waals surface area contributed by atoms with Gasteiger partial charge < -0.3 is 15.1 Å². The molecule has 0 radical (unpaired) electrons. The maximum atomic E-state index is 12.7. The standard InChI is InChI=1S/C21H17N3O5/c25-20(16-9-5-2-6-10-16)23-18(13-17-11-12-19(29-17)24(27)28)21(26)22-14-15-7-3-1-4-8-15/h1-13H,14H2,(H,22,26)(H,23,25)/b18-13-. The van der Waals surface area contributed by atoms with Crippen molar-refractivity contribution in [2.45, 2.75) is 6.54 Å². The Morgan fingerprint density at radius 2 is 1.62 bits per heavy atom. The number of carbonyl (C=O) groups is 2. The van der Waals surface area contributed by atoms with Gasteiger partial charge in [0, 0.05) is 18.2 Å². The van der Waals surface area contributed by atoms with E-state index in [4.69, 9.17) is 4.42 Å². The fourth-order valence-corrected chi connectivity index (χ4v) is 2.48. The molecule has 1 heterocycles. The van der Waals surface area contributed by atoms with Crippen molar-refractivity contribution < 1.29 is 18.9 Å². The van der Waals surface area contributed by atoms with Crippen molar-refractivity contribution in [2.75, 3.05) is 0 Å². The van der Waals surface area contributed by atoms with Gasteiger partial charge in [0.2, 0.25) is 0 Å². The Labute approximate surface area is 166 Å². The van der Waals surface area contributed by atoms with Crippen molar-refractivity contribution in [3.63, 3.8) is 0 Å². The molecular weight excluding hydrogens is 374 g/mol. The molecule has 0 bridgehead atoms. The number of hydrogen-bond donors (Lipinski definition) is 2. The van der Waals surface area contributed by atoms with Gasteiger partial charge >= 0.3 is 5.88 Å². The van der Waals surface area contributed by atoms with Crippen molar-refractivity contribution in [3.8, 4) is 0 Å². The molecule has 0 spiro atoms. The van der Waals surface area contributed by atoms with Crippen LogP contribution in [0.15, 0.2) is 82.9 Å². The summed E-state index contributed by atoms with van der Waals surface area (Å²) in [5.41, 5.74) is 1.14. The molecule has 3 aromatic rings. The highest BCUT2D eigenvalue weighted by molar-refractivity contribution is 6.05. The number of nitro groups is 1. The van der Waals surface area contributed by atoms with E-state index in [2.05, 4.69) is 10.6 Å². The first kappa shape index (κ1) is 19.6. The van der Waals surface area contributed by atoms with Crippen LogP contribution in [0.2, 0.25) is 0 Å². The second kappa shape index (κ2) is 9.14. The van der Waals surface area contributed by atoms with E-state index in [0.29, 0.717) is 5.56 Å². The number of benzene rings is 2. The molecule has 0 aliphatic heterocycles. The summed E-state index contributed by atoms with van der Waals surface area (Å²) in [4.78, 5) is 35.2. The molecule has 3 rings (SSSR count). The number of rotatable bonds is 7. The summed E-state index contributed by atoms with van der Waals surface area (Å²) in [6, 6.07) is 20.1. The molecule has 0 saturated carbocycles. The summed E-state index contributed by atoms with van der Waals surface area (Å²) < 4.78 is 5.07. The zero-order valence-electron chi connectivity index (χ0n) is 15.2. The third kappa shape index (κ3) is 5.39. The van der Waals surface area contributed by atoms with E-state index in [1.807, 2.05) is 30.3 Å². The molecule has 0 saturated heterocycles. The lowest BCUT2D eigenvalue weighted by molar-refractivity contribution is -0.402. The number of carbonyl (C=O) groups excluding carboxylic acids is 2. The van der Waals surface area contributed by atoms with Gasteiger partial charge in [-0.2, -0.15) is 0 Å². The van der Waals surface area contributed by atoms with Crippen LogP contribution in [-0.4, -0.2) is 16.7 Å². The van der Waals surface area contributed by atoms with E-state index in [-0.39, 0.29) is 18.0 Å². The largest absolute Gasteiger partial charge is 0.433 e. The zero-order valence-corrected chi connectivity index (χ0v) is 15.2. The molecule has 0 aliphatic carbocycles. The summed E-state index contributed by atoms with van der Waals surface area (Å²) in [6.45, 7) is 0.247. The van der Waals surface area contributed by atoms with Crippen LogP contribution in [-0.2, 0) is 11.3 Å². The topological polar surface area (TPSA) is 114 Å². The highest BCUT2D eigenvalue weighted by atomic mass is 16.6. The summed E-state index contributed by atoms with van der Waals surface area (Å²) >= 11 is 0. The SMILES string of the molecule is O=C(NCc1ccccc1)/C(=C/c1ccc([N+](=O)[O-])o1)NC(=O)c1ccccc1. The first-order valence-corrected chi connectivity index (χ1v) is 8.67. The van der Waals surface area contributed by atoms with Gasteiger partial charge in [-0.3, -0.25) is 19.7 Å². The molecule has 0 fully saturated rings. The minimum atomic E-state index is -0.685. The minimum Gasteiger partial charge on any atom is -0.401 e.